The average molecular weight is 774 g/mol. The second-order valence-electron chi connectivity index (χ2n) is 18.0. The van der Waals surface area contributed by atoms with E-state index in [0.29, 0.717) is 17.6 Å². The highest BCUT2D eigenvalue weighted by Crippen LogP contribution is 2.58. The van der Waals surface area contributed by atoms with E-state index in [9.17, 15) is 4.79 Å². The molecule has 12 heteroatoms. The molecular formula is C45H61N10O2+. The molecule has 12 nitrogen and oxygen atoms in total. The van der Waals surface area contributed by atoms with Crippen molar-refractivity contribution in [2.24, 2.45) is 5.41 Å². The third-order valence-electron chi connectivity index (χ3n) is 12.7. The maximum Gasteiger partial charge on any atom is 0.323 e. The Kier molecular flexibility index (Phi) is 11.1. The number of rotatable bonds is 10. The first kappa shape index (κ1) is 39.1. The van der Waals surface area contributed by atoms with Crippen LogP contribution in [0, 0.1) is 10.8 Å². The molecule has 4 aliphatic rings. The highest BCUT2D eigenvalue weighted by Gasteiger charge is 2.59. The van der Waals surface area contributed by atoms with Gasteiger partial charge in [-0.3, -0.25) is 19.9 Å². The normalized spacial score (nSPS) is 24.5. The summed E-state index contributed by atoms with van der Waals surface area (Å²) in [6, 6.07) is 21.3. The molecule has 2 aromatic carbocycles. The fourth-order valence-electron chi connectivity index (χ4n) is 9.01. The van der Waals surface area contributed by atoms with Crippen LogP contribution < -0.4 is 25.6 Å². The number of hydrogen-bond acceptors (Lipinski definition) is 8. The monoisotopic (exact) mass is 773 g/mol. The predicted molar refractivity (Wildman–Crippen MR) is 225 cm³/mol. The Balaban J connectivity index is 0.928. The number of benzene rings is 2. The van der Waals surface area contributed by atoms with Gasteiger partial charge in [0.15, 0.2) is 5.65 Å². The van der Waals surface area contributed by atoms with Crippen LogP contribution in [0.3, 0.4) is 0 Å². The molecule has 2 aliphatic heterocycles. The van der Waals surface area contributed by atoms with Gasteiger partial charge in [-0.05, 0) is 113 Å². The van der Waals surface area contributed by atoms with Gasteiger partial charge in [-0.2, -0.15) is 0 Å². The van der Waals surface area contributed by atoms with Crippen LogP contribution in [0.2, 0.25) is 0 Å². The standard InChI is InChI=1S/C45H60N10O2/c1-31-11-8-9-24-54(31)43-51-50-41-19-18-34(30-55(41)43)57-37-20-21-45(36-13-7-6-12-35(36)37)28-39(45)48-42(56)49-40(27-38(46)44(2,3)4)47-33-16-14-32(15-17-33)29-53-23-10-22-52(5)25-26-53/h6-7,12-19,27,30-31,37,39,46-47H,8-11,20-26,28-29H2,1-5H3,(H2,48,49,56)/p+1. The van der Waals surface area contributed by atoms with E-state index in [1.807, 2.05) is 44.4 Å². The molecule has 0 bridgehead atoms. The van der Waals surface area contributed by atoms with Crippen LogP contribution >= 0.6 is 0 Å². The summed E-state index contributed by atoms with van der Waals surface area (Å²) in [7, 11) is 2.20. The number of urea groups is 1. The molecule has 302 valence electrons. The fourth-order valence-corrected chi connectivity index (χ4v) is 9.01. The van der Waals surface area contributed by atoms with Crippen molar-refractivity contribution in [1.29, 1.82) is 5.41 Å². The Morgan fingerprint density at radius 1 is 0.982 bits per heavy atom. The molecule has 2 aromatic heterocycles. The molecule has 3 fully saturated rings. The number of pyridine rings is 1. The number of carbonyl (C=O) groups excluding carboxylic acids is 1. The van der Waals surface area contributed by atoms with Crippen LogP contribution in [0.4, 0.5) is 16.4 Å². The van der Waals surface area contributed by atoms with E-state index >= 15 is 0 Å². The van der Waals surface area contributed by atoms with E-state index in [2.05, 4.69) is 102 Å². The van der Waals surface area contributed by atoms with Gasteiger partial charge in [0.25, 0.3) is 0 Å². The summed E-state index contributed by atoms with van der Waals surface area (Å²) in [6.45, 7) is 14.7. The predicted octanol–water partition coefficient (Wildman–Crippen LogP) is 6.27. The molecule has 1 spiro atoms. The molecule has 2 amide bonds. The van der Waals surface area contributed by atoms with Crippen molar-refractivity contribution in [2.45, 2.75) is 103 Å². The van der Waals surface area contributed by atoms with Crippen LogP contribution in [0.15, 0.2) is 78.8 Å². The maximum atomic E-state index is 13.7. The zero-order valence-corrected chi connectivity index (χ0v) is 34.4. The zero-order chi connectivity index (χ0) is 39.7. The van der Waals surface area contributed by atoms with Crippen molar-refractivity contribution in [3.8, 4) is 5.75 Å². The number of nitrogens with two attached hydrogens (primary N) is 1. The van der Waals surface area contributed by atoms with Crippen molar-refractivity contribution in [2.75, 3.05) is 44.7 Å². The first-order chi connectivity index (χ1) is 27.4. The number of piperidine rings is 1. The molecule has 4 unspecified atom stereocenters. The Labute approximate surface area is 337 Å². The second-order valence-corrected chi connectivity index (χ2v) is 18.0. The molecule has 5 N–H and O–H groups in total. The second kappa shape index (κ2) is 16.2. The number of hydrogen-bond donors (Lipinski definition) is 4. The van der Waals surface area contributed by atoms with Gasteiger partial charge < -0.3 is 25.3 Å². The smallest absolute Gasteiger partial charge is 0.323 e. The van der Waals surface area contributed by atoms with Gasteiger partial charge in [-0.15, -0.1) is 10.2 Å². The molecule has 2 aliphatic carbocycles. The van der Waals surface area contributed by atoms with Gasteiger partial charge in [-0.25, -0.2) is 4.79 Å². The number of quaternary nitrogens is 1. The summed E-state index contributed by atoms with van der Waals surface area (Å²) in [5.41, 5.74) is 5.48. The van der Waals surface area contributed by atoms with Crippen LogP contribution in [0.1, 0.15) is 95.4 Å². The SMILES string of the molecule is CC1CCCCN1c1nnc2ccc(OC3CCC4(CC4NC(=O)NC(=CC(=N)C(C)(C)C)[NH2+]c4ccc(CN5CCCN(C)CC5)cc4)c4ccccc43)cn12. The lowest BCUT2D eigenvalue weighted by Gasteiger charge is -2.34. The van der Waals surface area contributed by atoms with Crippen LogP contribution in [0.25, 0.3) is 5.65 Å². The van der Waals surface area contributed by atoms with Gasteiger partial charge >= 0.3 is 6.03 Å². The molecule has 0 radical (unpaired) electrons. The number of carbonyl (C=O) groups is 1. The number of fused-ring (bicyclic) bond motifs is 3. The number of amides is 2. The Morgan fingerprint density at radius 3 is 2.61 bits per heavy atom. The van der Waals surface area contributed by atoms with E-state index in [-0.39, 0.29) is 29.0 Å². The van der Waals surface area contributed by atoms with Crippen LogP contribution in [-0.4, -0.2) is 88.0 Å². The van der Waals surface area contributed by atoms with Gasteiger partial charge in [0.1, 0.15) is 17.5 Å². The lowest BCUT2D eigenvalue weighted by molar-refractivity contribution is -0.522. The van der Waals surface area contributed by atoms with Crippen molar-refractivity contribution < 1.29 is 14.8 Å². The number of ether oxygens (including phenoxy) is 1. The molecule has 2 saturated heterocycles. The van der Waals surface area contributed by atoms with Crippen LogP contribution in [-0.2, 0) is 12.0 Å². The average Bonchev–Trinajstić information content (AvgIpc) is 3.77. The third-order valence-corrected chi connectivity index (χ3v) is 12.7. The summed E-state index contributed by atoms with van der Waals surface area (Å²) in [4.78, 5) is 21.0. The molecular weight excluding hydrogens is 713 g/mol. The van der Waals surface area contributed by atoms with Crippen molar-refractivity contribution >= 4 is 29.0 Å². The van der Waals surface area contributed by atoms with Crippen molar-refractivity contribution in [3.05, 3.63) is 95.4 Å². The van der Waals surface area contributed by atoms with Gasteiger partial charge in [0.2, 0.25) is 11.8 Å². The number of likely N-dealkylation sites (N-methyl/N-ethyl adjacent to an activating group) is 1. The molecule has 4 atom stereocenters. The van der Waals surface area contributed by atoms with E-state index in [1.54, 1.807) is 6.08 Å². The van der Waals surface area contributed by atoms with Gasteiger partial charge in [0.05, 0.1) is 6.20 Å². The topological polar surface area (TPSA) is 131 Å². The number of allylic oxidation sites excluding steroid dienone is 1. The van der Waals surface area contributed by atoms with E-state index < -0.39 is 0 Å². The first-order valence-corrected chi connectivity index (χ1v) is 21.1. The van der Waals surface area contributed by atoms with Crippen molar-refractivity contribution in [3.63, 3.8) is 0 Å². The minimum atomic E-state index is -0.358. The molecule has 1 saturated carbocycles. The summed E-state index contributed by atoms with van der Waals surface area (Å²) in [5, 5.41) is 26.2. The van der Waals surface area contributed by atoms with Crippen molar-refractivity contribution in [1.82, 2.24) is 35.0 Å². The number of aromatic nitrogens is 3. The fraction of sp³-hybridized carbons (Fsp3) is 0.511. The molecule has 57 heavy (non-hydrogen) atoms. The van der Waals surface area contributed by atoms with Gasteiger partial charge in [0, 0.05) is 60.9 Å². The summed E-state index contributed by atoms with van der Waals surface area (Å²) in [5.74, 6) is 2.28. The van der Waals surface area contributed by atoms with E-state index in [1.165, 1.54) is 29.5 Å². The highest BCUT2D eigenvalue weighted by molar-refractivity contribution is 5.97. The minimum Gasteiger partial charge on any atom is -0.484 e. The first-order valence-electron chi connectivity index (χ1n) is 21.1. The minimum absolute atomic E-state index is 0.00319. The Bertz CT molecular complexity index is 2100. The quantitative estimate of drug-likeness (QED) is 0.110. The Morgan fingerprint density at radius 2 is 1.81 bits per heavy atom. The van der Waals surface area contributed by atoms with E-state index in [0.717, 1.165) is 94.4 Å². The highest BCUT2D eigenvalue weighted by atomic mass is 16.5. The zero-order valence-electron chi connectivity index (χ0n) is 34.4. The lowest BCUT2D eigenvalue weighted by atomic mass is 9.78. The molecule has 8 rings (SSSR count). The number of anilines is 1. The lowest BCUT2D eigenvalue weighted by Crippen LogP contribution is -2.79. The van der Waals surface area contributed by atoms with Gasteiger partial charge in [-0.1, -0.05) is 57.2 Å². The number of nitrogens with zero attached hydrogens (tertiary/aromatic N) is 6. The number of nitrogens with one attached hydrogen (secondary N) is 3. The summed E-state index contributed by atoms with van der Waals surface area (Å²) in [6.07, 6.45) is 11.1. The molecule has 4 heterocycles. The van der Waals surface area contributed by atoms with Crippen LogP contribution in [0.5, 0.6) is 5.75 Å². The third kappa shape index (κ3) is 8.73. The van der Waals surface area contributed by atoms with E-state index in [4.69, 9.17) is 10.1 Å². The summed E-state index contributed by atoms with van der Waals surface area (Å²) >= 11 is 0. The maximum absolute atomic E-state index is 13.7. The molecule has 4 aromatic rings. The Hall–Kier alpha value is -4.78. The summed E-state index contributed by atoms with van der Waals surface area (Å²) < 4.78 is 8.83. The largest absolute Gasteiger partial charge is 0.484 e.